The molecule has 2 atom stereocenters. The van der Waals surface area contributed by atoms with E-state index in [2.05, 4.69) is 16.0 Å². The summed E-state index contributed by atoms with van der Waals surface area (Å²) in [4.78, 5) is 19.9. The lowest BCUT2D eigenvalue weighted by molar-refractivity contribution is 0.0952. The first-order chi connectivity index (χ1) is 12.1. The molecule has 1 fully saturated rings. The number of carbonyl (C=O) groups is 1. The SMILES string of the molecule is Nc1nc2ccc(-c3ccc4[nH]ccc4c3)cn2c1C(=O)C1CC1F. The number of nitrogen functional groups attached to an aromatic ring is 1. The van der Waals surface area contributed by atoms with Crippen LogP contribution in [0.2, 0.25) is 0 Å². The number of rotatable bonds is 3. The van der Waals surface area contributed by atoms with Gasteiger partial charge in [-0.1, -0.05) is 6.07 Å². The third-order valence-electron chi connectivity index (χ3n) is 4.81. The fourth-order valence-electron chi connectivity index (χ4n) is 3.32. The minimum Gasteiger partial charge on any atom is -0.382 e. The predicted octanol–water partition coefficient (Wildman–Crippen LogP) is 3.61. The van der Waals surface area contributed by atoms with Crippen LogP contribution in [0.15, 0.2) is 48.8 Å². The molecule has 0 amide bonds. The lowest BCUT2D eigenvalue weighted by Gasteiger charge is -2.06. The van der Waals surface area contributed by atoms with Crippen LogP contribution >= 0.6 is 0 Å². The second kappa shape index (κ2) is 4.92. The number of pyridine rings is 1. The molecule has 0 spiro atoms. The Kier molecular flexibility index (Phi) is 2.80. The average molecular weight is 334 g/mol. The third kappa shape index (κ3) is 2.14. The molecule has 3 aromatic heterocycles. The second-order valence-corrected chi connectivity index (χ2v) is 6.49. The number of aromatic amines is 1. The van der Waals surface area contributed by atoms with Crippen molar-refractivity contribution in [2.45, 2.75) is 12.6 Å². The molecular formula is C19H15FN4O. The Bertz CT molecular complexity index is 1140. The van der Waals surface area contributed by atoms with Crippen LogP contribution in [0.3, 0.4) is 0 Å². The summed E-state index contributed by atoms with van der Waals surface area (Å²) in [5.41, 5.74) is 9.83. The maximum Gasteiger partial charge on any atom is 0.189 e. The summed E-state index contributed by atoms with van der Waals surface area (Å²) in [5, 5.41) is 1.11. The Morgan fingerprint density at radius 1 is 1.24 bits per heavy atom. The van der Waals surface area contributed by atoms with Crippen LogP contribution in [-0.4, -0.2) is 26.3 Å². The van der Waals surface area contributed by atoms with Crippen molar-refractivity contribution < 1.29 is 9.18 Å². The van der Waals surface area contributed by atoms with E-state index in [1.165, 1.54) is 0 Å². The molecule has 1 aromatic carbocycles. The highest BCUT2D eigenvalue weighted by Gasteiger charge is 2.45. The summed E-state index contributed by atoms with van der Waals surface area (Å²) >= 11 is 0. The van der Waals surface area contributed by atoms with Crippen molar-refractivity contribution in [3.8, 4) is 11.1 Å². The van der Waals surface area contributed by atoms with E-state index in [1.807, 2.05) is 42.7 Å². The van der Waals surface area contributed by atoms with Crippen molar-refractivity contribution in [2.24, 2.45) is 5.92 Å². The van der Waals surface area contributed by atoms with Crippen molar-refractivity contribution in [1.29, 1.82) is 0 Å². The molecule has 5 nitrogen and oxygen atoms in total. The molecule has 0 aliphatic heterocycles. The van der Waals surface area contributed by atoms with Gasteiger partial charge in [0.05, 0.1) is 5.92 Å². The molecule has 1 saturated carbocycles. The number of hydrogen-bond donors (Lipinski definition) is 2. The Balaban J connectivity index is 1.66. The lowest BCUT2D eigenvalue weighted by atomic mass is 10.1. The van der Waals surface area contributed by atoms with Gasteiger partial charge >= 0.3 is 0 Å². The summed E-state index contributed by atoms with van der Waals surface area (Å²) in [6.45, 7) is 0. The van der Waals surface area contributed by atoms with Gasteiger partial charge in [0.2, 0.25) is 0 Å². The number of nitrogens with two attached hydrogens (primary N) is 1. The Labute approximate surface area is 142 Å². The van der Waals surface area contributed by atoms with Gasteiger partial charge in [-0.3, -0.25) is 9.20 Å². The van der Waals surface area contributed by atoms with Gasteiger partial charge in [-0.05, 0) is 53.3 Å². The molecule has 1 aliphatic carbocycles. The minimum absolute atomic E-state index is 0.155. The zero-order chi connectivity index (χ0) is 17.1. The van der Waals surface area contributed by atoms with Gasteiger partial charge in [-0.25, -0.2) is 9.37 Å². The number of anilines is 1. The third-order valence-corrected chi connectivity index (χ3v) is 4.81. The minimum atomic E-state index is -1.06. The van der Waals surface area contributed by atoms with E-state index < -0.39 is 12.1 Å². The number of halogens is 1. The summed E-state index contributed by atoms with van der Waals surface area (Å²) in [5.74, 6) is -0.694. The highest BCUT2D eigenvalue weighted by atomic mass is 19.1. The highest BCUT2D eigenvalue weighted by molar-refractivity contribution is 6.03. The van der Waals surface area contributed by atoms with Crippen molar-refractivity contribution in [3.05, 3.63) is 54.5 Å². The topological polar surface area (TPSA) is 76.2 Å². The van der Waals surface area contributed by atoms with E-state index in [0.29, 0.717) is 5.65 Å². The fourth-order valence-corrected chi connectivity index (χ4v) is 3.32. The van der Waals surface area contributed by atoms with E-state index in [0.717, 1.165) is 22.0 Å². The number of alkyl halides is 1. The average Bonchev–Trinajstić information content (AvgIpc) is 3.04. The van der Waals surface area contributed by atoms with Gasteiger partial charge in [0, 0.05) is 17.9 Å². The lowest BCUT2D eigenvalue weighted by Crippen LogP contribution is -2.10. The number of benzene rings is 1. The molecule has 6 heteroatoms. The Morgan fingerprint density at radius 3 is 2.84 bits per heavy atom. The van der Waals surface area contributed by atoms with Gasteiger partial charge in [-0.15, -0.1) is 0 Å². The van der Waals surface area contributed by atoms with Crippen LogP contribution in [0.25, 0.3) is 27.7 Å². The van der Waals surface area contributed by atoms with E-state index in [-0.39, 0.29) is 23.7 Å². The first-order valence-corrected chi connectivity index (χ1v) is 8.15. The van der Waals surface area contributed by atoms with Gasteiger partial charge in [0.1, 0.15) is 17.5 Å². The molecule has 0 saturated heterocycles. The molecule has 0 bridgehead atoms. The van der Waals surface area contributed by atoms with E-state index in [9.17, 15) is 9.18 Å². The number of nitrogens with zero attached hydrogens (tertiary/aromatic N) is 2. The number of H-pyrrole nitrogens is 1. The van der Waals surface area contributed by atoms with E-state index in [4.69, 9.17) is 5.73 Å². The molecule has 5 rings (SSSR count). The zero-order valence-electron chi connectivity index (χ0n) is 13.2. The summed E-state index contributed by atoms with van der Waals surface area (Å²) in [6, 6.07) is 11.9. The predicted molar refractivity (Wildman–Crippen MR) is 94.2 cm³/mol. The van der Waals surface area contributed by atoms with Gasteiger partial charge in [0.25, 0.3) is 0 Å². The molecule has 124 valence electrons. The fraction of sp³-hybridized carbons (Fsp3) is 0.158. The summed E-state index contributed by atoms with van der Waals surface area (Å²) in [7, 11) is 0. The van der Waals surface area contributed by atoms with E-state index >= 15 is 0 Å². The number of ketones is 1. The van der Waals surface area contributed by atoms with Crippen LogP contribution in [0.5, 0.6) is 0 Å². The monoisotopic (exact) mass is 334 g/mol. The normalized spacial score (nSPS) is 19.6. The van der Waals surface area contributed by atoms with Crippen LogP contribution in [-0.2, 0) is 0 Å². The van der Waals surface area contributed by atoms with Crippen LogP contribution < -0.4 is 5.73 Å². The Hall–Kier alpha value is -3.15. The first-order valence-electron chi connectivity index (χ1n) is 8.15. The van der Waals surface area contributed by atoms with Crippen molar-refractivity contribution in [3.63, 3.8) is 0 Å². The largest absolute Gasteiger partial charge is 0.382 e. The van der Waals surface area contributed by atoms with Crippen molar-refractivity contribution >= 4 is 28.2 Å². The van der Waals surface area contributed by atoms with Crippen molar-refractivity contribution in [1.82, 2.24) is 14.4 Å². The molecular weight excluding hydrogens is 319 g/mol. The molecule has 3 N–H and O–H groups in total. The number of hydrogen-bond acceptors (Lipinski definition) is 3. The number of aromatic nitrogens is 3. The molecule has 25 heavy (non-hydrogen) atoms. The summed E-state index contributed by atoms with van der Waals surface area (Å²) < 4.78 is 15.0. The van der Waals surface area contributed by atoms with Crippen LogP contribution in [0.1, 0.15) is 16.9 Å². The molecule has 2 unspecified atom stereocenters. The smallest absolute Gasteiger partial charge is 0.189 e. The number of carbonyl (C=O) groups excluding carboxylic acids is 1. The van der Waals surface area contributed by atoms with Gasteiger partial charge < -0.3 is 10.7 Å². The maximum atomic E-state index is 13.3. The first kappa shape index (κ1) is 14.2. The van der Waals surface area contributed by atoms with E-state index in [1.54, 1.807) is 4.40 Å². The van der Waals surface area contributed by atoms with Gasteiger partial charge in [-0.2, -0.15) is 0 Å². The quantitative estimate of drug-likeness (QED) is 0.562. The van der Waals surface area contributed by atoms with Gasteiger partial charge in [0.15, 0.2) is 11.6 Å². The highest BCUT2D eigenvalue weighted by Crippen LogP contribution is 2.38. The zero-order valence-corrected chi connectivity index (χ0v) is 13.2. The number of nitrogens with one attached hydrogen (secondary N) is 1. The number of Topliss-reactive ketones (excluding diaryl/α,β-unsaturated/α-hetero) is 1. The van der Waals surface area contributed by atoms with Crippen LogP contribution in [0.4, 0.5) is 10.2 Å². The second-order valence-electron chi connectivity index (χ2n) is 6.49. The molecule has 3 heterocycles. The standard InChI is InChI=1S/C19H15FN4O/c20-14-8-13(14)18(25)17-19(21)23-16-4-2-12(9-24(16)17)10-1-3-15-11(7-10)5-6-22-15/h1-7,9,13-14,22H,8,21H2. The van der Waals surface area contributed by atoms with Crippen molar-refractivity contribution in [2.75, 3.05) is 5.73 Å². The molecule has 1 aliphatic rings. The Morgan fingerprint density at radius 2 is 2.04 bits per heavy atom. The van der Waals surface area contributed by atoms with Crippen LogP contribution in [0, 0.1) is 5.92 Å². The number of imidazole rings is 1. The molecule has 4 aromatic rings. The maximum absolute atomic E-state index is 13.3. The number of fused-ring (bicyclic) bond motifs is 2. The summed E-state index contributed by atoms with van der Waals surface area (Å²) in [6.07, 6.45) is 2.95. The molecule has 0 radical (unpaired) electrons.